The maximum absolute atomic E-state index is 11.8. The van der Waals surface area contributed by atoms with E-state index in [-0.39, 0.29) is 58.8 Å². The fraction of sp³-hybridized carbons (Fsp3) is 0.194. The Morgan fingerprint density at radius 2 is 1.06 bits per heavy atom. The van der Waals surface area contributed by atoms with Crippen LogP contribution in [0.25, 0.3) is 22.8 Å². The van der Waals surface area contributed by atoms with Crippen molar-refractivity contribution in [1.82, 2.24) is 24.8 Å². The lowest BCUT2D eigenvalue weighted by atomic mass is 10.1. The van der Waals surface area contributed by atoms with Crippen molar-refractivity contribution in [2.45, 2.75) is 13.1 Å². The first kappa shape index (κ1) is 36.9. The van der Waals surface area contributed by atoms with Crippen LogP contribution >= 0.6 is 0 Å². The first-order chi connectivity index (χ1) is 24.2. The molecule has 0 radical (unpaired) electrons. The molecule has 1 aromatic carbocycles. The molecule has 0 fully saturated rings. The molecule has 51 heavy (non-hydrogen) atoms. The summed E-state index contributed by atoms with van der Waals surface area (Å²) in [4.78, 5) is 82.5. The Kier molecular flexibility index (Phi) is 11.9. The second kappa shape index (κ2) is 16.5. The number of aromatic nitrogens is 3. The number of carbonyl (C=O) groups is 4. The van der Waals surface area contributed by atoms with Gasteiger partial charge in [-0.2, -0.15) is 0 Å². The molecule has 0 aliphatic carbocycles. The van der Waals surface area contributed by atoms with Gasteiger partial charge in [-0.25, -0.2) is 15.0 Å². The molecule has 20 heteroatoms. The zero-order valence-corrected chi connectivity index (χ0v) is 26.2. The van der Waals surface area contributed by atoms with Crippen molar-refractivity contribution in [2.75, 3.05) is 26.2 Å². The molecule has 0 aliphatic rings. The fourth-order valence-corrected chi connectivity index (χ4v) is 4.78. The third kappa shape index (κ3) is 10.8. The topological polar surface area (TPSA) is 290 Å². The number of carboxylic acid groups (broad SMARTS) is 4. The molecular formula is C31H27N7O13. The number of aliphatic carboxylic acids is 4. The van der Waals surface area contributed by atoms with Gasteiger partial charge < -0.3 is 25.2 Å². The van der Waals surface area contributed by atoms with Gasteiger partial charge in [0.1, 0.15) is 5.75 Å². The molecule has 4 aromatic rings. The molecule has 0 saturated carbocycles. The van der Waals surface area contributed by atoms with Crippen molar-refractivity contribution in [3.8, 4) is 34.3 Å². The molecule has 3 aromatic heterocycles. The highest BCUT2D eigenvalue weighted by Gasteiger charge is 2.23. The molecular weight excluding hydrogens is 678 g/mol. The van der Waals surface area contributed by atoms with Gasteiger partial charge in [0.05, 0.1) is 76.3 Å². The Labute approximate surface area is 286 Å². The Morgan fingerprint density at radius 3 is 1.45 bits per heavy atom. The van der Waals surface area contributed by atoms with E-state index in [1.165, 1.54) is 36.4 Å². The van der Waals surface area contributed by atoms with Crippen molar-refractivity contribution < 1.29 is 54.2 Å². The zero-order valence-electron chi connectivity index (χ0n) is 26.2. The van der Waals surface area contributed by atoms with Crippen LogP contribution in [0.15, 0.2) is 66.7 Å². The smallest absolute Gasteiger partial charge is 0.318 e. The lowest BCUT2D eigenvalue weighted by Gasteiger charge is -2.18. The number of carboxylic acids is 4. The minimum Gasteiger partial charge on any atom is -0.480 e. The van der Waals surface area contributed by atoms with E-state index in [0.29, 0.717) is 0 Å². The molecule has 0 saturated heterocycles. The van der Waals surface area contributed by atoms with Crippen molar-refractivity contribution in [2.24, 2.45) is 0 Å². The largest absolute Gasteiger partial charge is 0.480 e. The summed E-state index contributed by atoms with van der Waals surface area (Å²) in [5, 5.41) is 59.9. The normalized spacial score (nSPS) is 10.9. The van der Waals surface area contributed by atoms with Gasteiger partial charge in [0.15, 0.2) is 0 Å². The third-order valence-electron chi connectivity index (χ3n) is 6.72. The molecule has 0 atom stereocenters. The summed E-state index contributed by atoms with van der Waals surface area (Å²) >= 11 is 0. The monoisotopic (exact) mass is 705 g/mol. The number of hydrogen-bond acceptors (Lipinski definition) is 14. The number of hydrogen-bond donors (Lipinski definition) is 4. The number of ether oxygens (including phenoxy) is 1. The molecule has 4 N–H and O–H groups in total. The highest BCUT2D eigenvalue weighted by molar-refractivity contribution is 5.73. The second-order valence-electron chi connectivity index (χ2n) is 10.7. The van der Waals surface area contributed by atoms with Gasteiger partial charge in [0.25, 0.3) is 5.69 Å². The molecule has 0 spiro atoms. The van der Waals surface area contributed by atoms with Crippen LogP contribution in [0.1, 0.15) is 11.4 Å². The summed E-state index contributed by atoms with van der Waals surface area (Å²) in [6.07, 6.45) is 0. The van der Waals surface area contributed by atoms with E-state index in [9.17, 15) is 59.8 Å². The molecule has 3 heterocycles. The van der Waals surface area contributed by atoms with E-state index in [1.54, 1.807) is 12.1 Å². The van der Waals surface area contributed by atoms with Crippen molar-refractivity contribution >= 4 is 35.3 Å². The maximum atomic E-state index is 11.8. The van der Waals surface area contributed by atoms with Gasteiger partial charge in [-0.3, -0.25) is 49.2 Å². The van der Waals surface area contributed by atoms with Crippen molar-refractivity contribution in [1.29, 1.82) is 0 Å². The van der Waals surface area contributed by atoms with Crippen molar-refractivity contribution in [3.05, 3.63) is 98.3 Å². The van der Waals surface area contributed by atoms with Crippen LogP contribution in [-0.2, 0) is 32.3 Å². The van der Waals surface area contributed by atoms with Gasteiger partial charge in [0, 0.05) is 31.3 Å². The summed E-state index contributed by atoms with van der Waals surface area (Å²) in [5.41, 5.74) is -0.114. The summed E-state index contributed by atoms with van der Waals surface area (Å²) < 4.78 is 5.86. The van der Waals surface area contributed by atoms with Crippen molar-refractivity contribution in [3.63, 3.8) is 0 Å². The Balaban J connectivity index is 1.80. The van der Waals surface area contributed by atoms with Crippen LogP contribution in [0.4, 0.5) is 11.4 Å². The third-order valence-corrected chi connectivity index (χ3v) is 6.72. The fourth-order valence-electron chi connectivity index (χ4n) is 4.78. The molecule has 20 nitrogen and oxygen atoms in total. The minimum absolute atomic E-state index is 0.0527. The first-order valence-corrected chi connectivity index (χ1v) is 14.5. The highest BCUT2D eigenvalue weighted by atomic mass is 16.6. The summed E-state index contributed by atoms with van der Waals surface area (Å²) in [7, 11) is 0. The number of benzene rings is 1. The number of nitrogens with zero attached hydrogens (tertiary/aromatic N) is 7. The van der Waals surface area contributed by atoms with Gasteiger partial charge in [0.2, 0.25) is 5.75 Å². The Morgan fingerprint density at radius 1 is 0.608 bits per heavy atom. The molecule has 0 unspecified atom stereocenters. The van der Waals surface area contributed by atoms with Crippen LogP contribution in [0.2, 0.25) is 0 Å². The van der Waals surface area contributed by atoms with Crippen LogP contribution in [-0.4, -0.2) is 105 Å². The first-order valence-electron chi connectivity index (χ1n) is 14.5. The molecule has 0 bridgehead atoms. The van der Waals surface area contributed by atoms with Crippen LogP contribution in [0.5, 0.6) is 11.5 Å². The Bertz CT molecular complexity index is 1870. The van der Waals surface area contributed by atoms with E-state index in [2.05, 4.69) is 15.0 Å². The quantitative estimate of drug-likeness (QED) is 0.0854. The molecule has 0 aliphatic heterocycles. The minimum atomic E-state index is -1.26. The lowest BCUT2D eigenvalue weighted by Crippen LogP contribution is -2.34. The maximum Gasteiger partial charge on any atom is 0.318 e. The average Bonchev–Trinajstić information content (AvgIpc) is 3.03. The van der Waals surface area contributed by atoms with E-state index >= 15 is 0 Å². The SMILES string of the molecule is O=C(O)CN(CC(=O)O)Cc1cccc(-c2cc(Oc3ccc([N+](=O)[O-])cc3[N+](=O)[O-])cc(-c3cccc(CN(CC(=O)O)CC(=O)O)n3)n2)n1. The predicted molar refractivity (Wildman–Crippen MR) is 172 cm³/mol. The Hall–Kier alpha value is -6.93. The van der Waals surface area contributed by atoms with Gasteiger partial charge in [-0.05, 0) is 30.3 Å². The number of nitro groups is 2. The van der Waals surface area contributed by atoms with Gasteiger partial charge >= 0.3 is 29.6 Å². The van der Waals surface area contributed by atoms with Gasteiger partial charge in [-0.1, -0.05) is 12.1 Å². The summed E-state index contributed by atoms with van der Waals surface area (Å²) in [6, 6.07) is 14.8. The van der Waals surface area contributed by atoms with Crippen LogP contribution in [0, 0.1) is 20.2 Å². The van der Waals surface area contributed by atoms with E-state index < -0.39 is 71.3 Å². The lowest BCUT2D eigenvalue weighted by molar-refractivity contribution is -0.394. The predicted octanol–water partition coefficient (Wildman–Crippen LogP) is 2.76. The summed E-state index contributed by atoms with van der Waals surface area (Å²) in [5.74, 6) is -5.43. The number of nitro benzene ring substituents is 2. The number of rotatable bonds is 18. The van der Waals surface area contributed by atoms with Gasteiger partial charge in [-0.15, -0.1) is 0 Å². The molecule has 0 amide bonds. The second-order valence-corrected chi connectivity index (χ2v) is 10.7. The van der Waals surface area contributed by atoms with Crippen LogP contribution < -0.4 is 4.74 Å². The van der Waals surface area contributed by atoms with E-state index in [4.69, 9.17) is 4.74 Å². The number of pyridine rings is 3. The van der Waals surface area contributed by atoms with E-state index in [0.717, 1.165) is 28.0 Å². The average molecular weight is 706 g/mol. The molecule has 264 valence electrons. The number of non-ortho nitro benzene ring substituents is 1. The standard InChI is InChI=1S/C31H27N7O13/c39-28(40)14-35(15-29(41)42)12-18-3-1-5-22(32-18)24-10-21(51-27-8-7-20(37(47)48)9-26(27)38(49)50)11-25(34-24)23-6-2-4-19(33-23)13-36(16-30(43)44)17-31(45)46/h1-11H,12-17H2,(H,39,40)(H,41,42)(H,43,44)(H,45,46). The zero-order chi connectivity index (χ0) is 37.2. The highest BCUT2D eigenvalue weighted by Crippen LogP contribution is 2.36. The summed E-state index contributed by atoms with van der Waals surface area (Å²) in [6.45, 7) is -2.69. The molecule has 4 rings (SSSR count). The van der Waals surface area contributed by atoms with E-state index in [1.807, 2.05) is 0 Å². The van der Waals surface area contributed by atoms with Crippen LogP contribution in [0.3, 0.4) is 0 Å².